The van der Waals surface area contributed by atoms with E-state index in [1.165, 1.54) is 0 Å². The standard InChI is InChI=1S/C9H6O.C6H6/c1-2-8-5-3-4-6-9(8)7-10;1-2-4-6-5-3-1/h1,3-7H;1-6H. The van der Waals surface area contributed by atoms with Crippen molar-refractivity contribution in [2.24, 2.45) is 0 Å². The van der Waals surface area contributed by atoms with Crippen LogP contribution in [0, 0.1) is 12.3 Å². The highest BCUT2D eigenvalue weighted by atomic mass is 16.1. The van der Waals surface area contributed by atoms with Gasteiger partial charge in [0, 0.05) is 11.1 Å². The van der Waals surface area contributed by atoms with Crippen molar-refractivity contribution in [2.75, 3.05) is 0 Å². The summed E-state index contributed by atoms with van der Waals surface area (Å²) in [6.07, 6.45) is 5.88. The number of hydrogen-bond donors (Lipinski definition) is 0. The molecule has 0 N–H and O–H groups in total. The van der Waals surface area contributed by atoms with Crippen molar-refractivity contribution in [3.63, 3.8) is 0 Å². The number of rotatable bonds is 1. The molecule has 0 amide bonds. The molecule has 0 bridgehead atoms. The van der Waals surface area contributed by atoms with E-state index in [4.69, 9.17) is 6.42 Å². The molecule has 0 fully saturated rings. The zero-order valence-corrected chi connectivity index (χ0v) is 8.84. The van der Waals surface area contributed by atoms with E-state index in [1.807, 2.05) is 42.5 Å². The fourth-order valence-corrected chi connectivity index (χ4v) is 1.12. The molecule has 0 aliphatic rings. The quantitative estimate of drug-likeness (QED) is 0.519. The zero-order valence-electron chi connectivity index (χ0n) is 8.84. The van der Waals surface area contributed by atoms with Gasteiger partial charge in [0.1, 0.15) is 0 Å². The second-order valence-corrected chi connectivity index (χ2v) is 3.00. The van der Waals surface area contributed by atoms with Crippen LogP contribution in [-0.2, 0) is 0 Å². The fraction of sp³-hybridized carbons (Fsp3) is 0. The Hall–Kier alpha value is -2.33. The highest BCUT2D eigenvalue weighted by Gasteiger charge is 1.93. The number of aldehydes is 1. The van der Waals surface area contributed by atoms with Gasteiger partial charge in [0.25, 0.3) is 0 Å². The lowest BCUT2D eigenvalue weighted by molar-refractivity contribution is 0.112. The Kier molecular flexibility index (Phi) is 5.16. The molecule has 2 aromatic rings. The average molecular weight is 208 g/mol. The summed E-state index contributed by atoms with van der Waals surface area (Å²) in [4.78, 5) is 10.3. The molecule has 0 aliphatic heterocycles. The summed E-state index contributed by atoms with van der Waals surface area (Å²) in [6.45, 7) is 0. The molecule has 78 valence electrons. The molecule has 2 rings (SSSR count). The van der Waals surface area contributed by atoms with Crippen molar-refractivity contribution in [3.05, 3.63) is 71.8 Å². The molecule has 0 atom stereocenters. The van der Waals surface area contributed by atoms with Crippen molar-refractivity contribution in [3.8, 4) is 12.3 Å². The third-order valence-corrected chi connectivity index (χ3v) is 1.91. The molecule has 1 nitrogen and oxygen atoms in total. The maximum absolute atomic E-state index is 10.3. The molecule has 0 spiro atoms. The van der Waals surface area contributed by atoms with Gasteiger partial charge in [-0.15, -0.1) is 6.42 Å². The molecule has 0 unspecified atom stereocenters. The first kappa shape index (κ1) is 11.7. The smallest absolute Gasteiger partial charge is 0.151 e. The van der Waals surface area contributed by atoms with Gasteiger partial charge in [0.15, 0.2) is 6.29 Å². The zero-order chi connectivity index (χ0) is 11.6. The number of benzene rings is 2. The molecule has 0 heterocycles. The summed E-state index contributed by atoms with van der Waals surface area (Å²) >= 11 is 0. The van der Waals surface area contributed by atoms with Crippen molar-refractivity contribution < 1.29 is 4.79 Å². The van der Waals surface area contributed by atoms with E-state index in [-0.39, 0.29) is 0 Å². The Labute approximate surface area is 95.7 Å². The van der Waals surface area contributed by atoms with Gasteiger partial charge in [-0.1, -0.05) is 60.5 Å². The van der Waals surface area contributed by atoms with Gasteiger partial charge in [-0.3, -0.25) is 4.79 Å². The molecule has 0 saturated heterocycles. The molecule has 0 aliphatic carbocycles. The van der Waals surface area contributed by atoms with E-state index in [0.717, 1.165) is 6.29 Å². The average Bonchev–Trinajstić information content (AvgIpc) is 2.41. The largest absolute Gasteiger partial charge is 0.298 e. The van der Waals surface area contributed by atoms with E-state index in [2.05, 4.69) is 5.92 Å². The van der Waals surface area contributed by atoms with Crippen LogP contribution in [0.2, 0.25) is 0 Å². The summed E-state index contributed by atoms with van der Waals surface area (Å²) in [5.74, 6) is 2.42. The third-order valence-electron chi connectivity index (χ3n) is 1.91. The van der Waals surface area contributed by atoms with Crippen LogP contribution >= 0.6 is 0 Å². The first-order valence-electron chi connectivity index (χ1n) is 4.89. The third kappa shape index (κ3) is 3.81. The maximum atomic E-state index is 10.3. The van der Waals surface area contributed by atoms with E-state index < -0.39 is 0 Å². The van der Waals surface area contributed by atoms with Gasteiger partial charge in [-0.25, -0.2) is 0 Å². The van der Waals surface area contributed by atoms with Gasteiger partial charge in [0.05, 0.1) is 0 Å². The van der Waals surface area contributed by atoms with Crippen LogP contribution in [0.1, 0.15) is 15.9 Å². The number of carbonyl (C=O) groups is 1. The Morgan fingerprint density at radius 1 is 0.875 bits per heavy atom. The van der Waals surface area contributed by atoms with E-state index in [9.17, 15) is 4.79 Å². The summed E-state index contributed by atoms with van der Waals surface area (Å²) in [6, 6.07) is 19.0. The molecule has 16 heavy (non-hydrogen) atoms. The lowest BCUT2D eigenvalue weighted by atomic mass is 10.1. The summed E-state index contributed by atoms with van der Waals surface area (Å²) in [7, 11) is 0. The van der Waals surface area contributed by atoms with Crippen LogP contribution in [-0.4, -0.2) is 6.29 Å². The van der Waals surface area contributed by atoms with Crippen LogP contribution in [0.4, 0.5) is 0 Å². The van der Waals surface area contributed by atoms with Crippen molar-refractivity contribution in [2.45, 2.75) is 0 Å². The Morgan fingerprint density at radius 3 is 1.75 bits per heavy atom. The lowest BCUT2D eigenvalue weighted by Gasteiger charge is -1.91. The first-order chi connectivity index (χ1) is 7.88. The second-order valence-electron chi connectivity index (χ2n) is 3.00. The highest BCUT2D eigenvalue weighted by Crippen LogP contribution is 2.02. The predicted octanol–water partition coefficient (Wildman–Crippen LogP) is 3.17. The summed E-state index contributed by atoms with van der Waals surface area (Å²) < 4.78 is 0. The van der Waals surface area contributed by atoms with Gasteiger partial charge < -0.3 is 0 Å². The van der Waals surface area contributed by atoms with Crippen molar-refractivity contribution in [1.82, 2.24) is 0 Å². The second kappa shape index (κ2) is 7.03. The molecular weight excluding hydrogens is 196 g/mol. The topological polar surface area (TPSA) is 17.1 Å². The van der Waals surface area contributed by atoms with Crippen molar-refractivity contribution >= 4 is 6.29 Å². The van der Waals surface area contributed by atoms with Crippen LogP contribution in [0.15, 0.2) is 60.7 Å². The van der Waals surface area contributed by atoms with Crippen LogP contribution in [0.25, 0.3) is 0 Å². The van der Waals surface area contributed by atoms with Crippen LogP contribution < -0.4 is 0 Å². The number of terminal acetylenes is 1. The molecule has 0 saturated carbocycles. The molecule has 2 aromatic carbocycles. The summed E-state index contributed by atoms with van der Waals surface area (Å²) in [5, 5.41) is 0. The Bertz CT molecular complexity index is 440. The maximum Gasteiger partial charge on any atom is 0.151 e. The minimum absolute atomic E-state index is 0.574. The normalized spacial score (nSPS) is 8.19. The predicted molar refractivity (Wildman–Crippen MR) is 66.2 cm³/mol. The van der Waals surface area contributed by atoms with E-state index in [0.29, 0.717) is 11.1 Å². The molecule has 1 heteroatoms. The number of hydrogen-bond acceptors (Lipinski definition) is 1. The first-order valence-corrected chi connectivity index (χ1v) is 4.89. The van der Waals surface area contributed by atoms with Gasteiger partial charge in [-0.05, 0) is 6.07 Å². The minimum Gasteiger partial charge on any atom is -0.298 e. The van der Waals surface area contributed by atoms with Gasteiger partial charge in [0.2, 0.25) is 0 Å². The van der Waals surface area contributed by atoms with Gasteiger partial charge >= 0.3 is 0 Å². The van der Waals surface area contributed by atoms with Crippen molar-refractivity contribution in [1.29, 1.82) is 0 Å². The molecular formula is C15H12O. The van der Waals surface area contributed by atoms with E-state index >= 15 is 0 Å². The Morgan fingerprint density at radius 2 is 1.38 bits per heavy atom. The summed E-state index contributed by atoms with van der Waals surface area (Å²) in [5.41, 5.74) is 1.22. The lowest BCUT2D eigenvalue weighted by Crippen LogP contribution is -1.84. The monoisotopic (exact) mass is 208 g/mol. The SMILES string of the molecule is C#Cc1ccccc1C=O.c1ccccc1. The number of carbonyl (C=O) groups excluding carboxylic acids is 1. The van der Waals surface area contributed by atoms with E-state index in [1.54, 1.807) is 18.2 Å². The van der Waals surface area contributed by atoms with Crippen LogP contribution in [0.3, 0.4) is 0 Å². The fourth-order valence-electron chi connectivity index (χ4n) is 1.12. The Balaban J connectivity index is 0.000000181. The molecule has 0 radical (unpaired) electrons. The van der Waals surface area contributed by atoms with Crippen LogP contribution in [0.5, 0.6) is 0 Å². The highest BCUT2D eigenvalue weighted by molar-refractivity contribution is 5.79. The molecule has 0 aromatic heterocycles. The van der Waals surface area contributed by atoms with Gasteiger partial charge in [-0.2, -0.15) is 0 Å². The minimum atomic E-state index is 0.574.